The second kappa shape index (κ2) is 8.25. The zero-order chi connectivity index (χ0) is 21.3. The van der Waals surface area contributed by atoms with Gasteiger partial charge in [0, 0.05) is 24.5 Å². The van der Waals surface area contributed by atoms with Crippen molar-refractivity contribution in [3.63, 3.8) is 0 Å². The first-order valence-corrected chi connectivity index (χ1v) is 11.4. The van der Waals surface area contributed by atoms with Gasteiger partial charge >= 0.3 is 0 Å². The highest BCUT2D eigenvalue weighted by Crippen LogP contribution is 2.33. The Morgan fingerprint density at radius 2 is 1.93 bits per heavy atom. The van der Waals surface area contributed by atoms with Gasteiger partial charge in [-0.1, -0.05) is 24.3 Å². The molecule has 1 aliphatic rings. The number of nitrogens with zero attached hydrogens (tertiary/aromatic N) is 2. The van der Waals surface area contributed by atoms with Crippen molar-refractivity contribution in [2.45, 2.75) is 24.3 Å². The topological polar surface area (TPSA) is 101 Å². The molecule has 2 atom stereocenters. The van der Waals surface area contributed by atoms with Gasteiger partial charge in [-0.2, -0.15) is 0 Å². The predicted octanol–water partition coefficient (Wildman–Crippen LogP) is 2.67. The number of rotatable bonds is 5. The Bertz CT molecular complexity index is 1060. The molecule has 2 aromatic rings. The zero-order valence-electron chi connectivity index (χ0n) is 16.1. The monoisotopic (exact) mass is 479 g/mol. The molecule has 154 valence electrons. The molecule has 2 aromatic carbocycles. The molecule has 0 spiro atoms. The number of carbonyl (C=O) groups is 2. The van der Waals surface area contributed by atoms with E-state index in [4.69, 9.17) is 5.14 Å². The standard InChI is InChI=1S/C20H22BrN3O4S/c1-13(14-6-5-7-16(10-14)29(22,27)28)23(2)20(26)15-11-19(25)24(12-15)18-9-4-3-8-17(18)21/h3-10,13,15H,11-12H2,1-2H3,(H2,22,27,28). The molecule has 7 nitrogen and oxygen atoms in total. The molecule has 3 rings (SSSR count). The van der Waals surface area contributed by atoms with Crippen LogP contribution in [-0.4, -0.2) is 38.7 Å². The van der Waals surface area contributed by atoms with Gasteiger partial charge in [0.05, 0.1) is 22.5 Å². The number of hydrogen-bond donors (Lipinski definition) is 1. The first kappa shape index (κ1) is 21.5. The Balaban J connectivity index is 1.77. The third kappa shape index (κ3) is 4.52. The molecule has 1 fully saturated rings. The molecule has 0 bridgehead atoms. The molecular weight excluding hydrogens is 458 g/mol. The van der Waals surface area contributed by atoms with E-state index in [2.05, 4.69) is 15.9 Å². The minimum atomic E-state index is -3.83. The zero-order valence-corrected chi connectivity index (χ0v) is 18.5. The van der Waals surface area contributed by atoms with Crippen molar-refractivity contribution in [2.75, 3.05) is 18.5 Å². The number of sulfonamides is 1. The second-order valence-electron chi connectivity index (χ2n) is 7.10. The van der Waals surface area contributed by atoms with Crippen molar-refractivity contribution in [1.82, 2.24) is 4.90 Å². The van der Waals surface area contributed by atoms with E-state index in [9.17, 15) is 18.0 Å². The van der Waals surface area contributed by atoms with Crippen LogP contribution in [0.25, 0.3) is 0 Å². The van der Waals surface area contributed by atoms with Gasteiger partial charge in [-0.05, 0) is 52.7 Å². The summed E-state index contributed by atoms with van der Waals surface area (Å²) < 4.78 is 24.0. The number of amides is 2. The van der Waals surface area contributed by atoms with Crippen LogP contribution in [0.1, 0.15) is 24.9 Å². The van der Waals surface area contributed by atoms with Crippen LogP contribution in [0.4, 0.5) is 5.69 Å². The number of benzene rings is 2. The Kier molecular flexibility index (Phi) is 6.11. The fourth-order valence-electron chi connectivity index (χ4n) is 3.43. The van der Waals surface area contributed by atoms with E-state index in [0.717, 1.165) is 10.2 Å². The summed E-state index contributed by atoms with van der Waals surface area (Å²) in [5, 5.41) is 5.20. The third-order valence-corrected chi connectivity index (χ3v) is 6.80. The molecule has 0 aliphatic carbocycles. The predicted molar refractivity (Wildman–Crippen MR) is 114 cm³/mol. The molecule has 1 heterocycles. The van der Waals surface area contributed by atoms with Crippen molar-refractivity contribution in [1.29, 1.82) is 0 Å². The number of para-hydroxylation sites is 1. The van der Waals surface area contributed by atoms with Gasteiger partial charge in [-0.3, -0.25) is 9.59 Å². The summed E-state index contributed by atoms with van der Waals surface area (Å²) in [5.41, 5.74) is 1.39. The lowest BCUT2D eigenvalue weighted by atomic mass is 10.0. The molecule has 0 radical (unpaired) electrons. The van der Waals surface area contributed by atoms with E-state index in [1.807, 2.05) is 31.2 Å². The molecular formula is C20H22BrN3O4S. The van der Waals surface area contributed by atoms with Crippen molar-refractivity contribution in [3.05, 3.63) is 58.6 Å². The van der Waals surface area contributed by atoms with Crippen molar-refractivity contribution in [3.8, 4) is 0 Å². The Hall–Kier alpha value is -2.23. The van der Waals surface area contributed by atoms with Gasteiger partial charge < -0.3 is 9.80 Å². The fourth-order valence-corrected chi connectivity index (χ4v) is 4.50. The smallest absolute Gasteiger partial charge is 0.238 e. The van der Waals surface area contributed by atoms with E-state index >= 15 is 0 Å². The van der Waals surface area contributed by atoms with Crippen molar-refractivity contribution in [2.24, 2.45) is 11.1 Å². The van der Waals surface area contributed by atoms with Crippen LogP contribution in [-0.2, 0) is 19.6 Å². The number of hydrogen-bond acceptors (Lipinski definition) is 4. The summed E-state index contributed by atoms with van der Waals surface area (Å²) in [4.78, 5) is 28.7. The summed E-state index contributed by atoms with van der Waals surface area (Å²) in [7, 11) is -2.17. The fraction of sp³-hybridized carbons (Fsp3) is 0.300. The highest BCUT2D eigenvalue weighted by molar-refractivity contribution is 9.10. The van der Waals surface area contributed by atoms with Crippen LogP contribution in [0.5, 0.6) is 0 Å². The Morgan fingerprint density at radius 1 is 1.24 bits per heavy atom. The highest BCUT2D eigenvalue weighted by atomic mass is 79.9. The molecule has 0 saturated carbocycles. The maximum absolute atomic E-state index is 13.0. The molecule has 1 saturated heterocycles. The number of carbonyl (C=O) groups excluding carboxylic acids is 2. The molecule has 2 amide bonds. The van der Waals surface area contributed by atoms with Crippen molar-refractivity contribution < 1.29 is 18.0 Å². The molecule has 2 unspecified atom stereocenters. The van der Waals surface area contributed by atoms with Crippen molar-refractivity contribution >= 4 is 43.5 Å². The molecule has 9 heteroatoms. The van der Waals surface area contributed by atoms with Crippen LogP contribution < -0.4 is 10.0 Å². The maximum atomic E-state index is 13.0. The first-order valence-electron chi connectivity index (χ1n) is 9.04. The second-order valence-corrected chi connectivity index (χ2v) is 9.52. The minimum Gasteiger partial charge on any atom is -0.339 e. The molecule has 0 aromatic heterocycles. The number of nitrogens with two attached hydrogens (primary N) is 1. The third-order valence-electron chi connectivity index (χ3n) is 5.22. The van der Waals surface area contributed by atoms with E-state index in [-0.39, 0.29) is 29.2 Å². The Labute approximate surface area is 178 Å². The van der Waals surface area contributed by atoms with Gasteiger partial charge in [0.1, 0.15) is 0 Å². The van der Waals surface area contributed by atoms with Gasteiger partial charge in [0.15, 0.2) is 0 Å². The quantitative estimate of drug-likeness (QED) is 0.711. The van der Waals surface area contributed by atoms with Gasteiger partial charge in [0.25, 0.3) is 0 Å². The summed E-state index contributed by atoms with van der Waals surface area (Å²) in [6.07, 6.45) is 0.133. The summed E-state index contributed by atoms with van der Waals surface area (Å²) in [6, 6.07) is 13.2. The number of halogens is 1. The lowest BCUT2D eigenvalue weighted by Crippen LogP contribution is -2.36. The van der Waals surface area contributed by atoms with Gasteiger partial charge in [-0.25, -0.2) is 13.6 Å². The SMILES string of the molecule is CC(c1cccc(S(N)(=O)=O)c1)N(C)C(=O)C1CC(=O)N(c2ccccc2Br)C1. The lowest BCUT2D eigenvalue weighted by Gasteiger charge is -2.28. The van der Waals surface area contributed by atoms with E-state index in [0.29, 0.717) is 12.1 Å². The van der Waals surface area contributed by atoms with Crippen LogP contribution in [0.15, 0.2) is 57.9 Å². The van der Waals surface area contributed by atoms with Crippen LogP contribution >= 0.6 is 15.9 Å². The molecule has 2 N–H and O–H groups in total. The van der Waals surface area contributed by atoms with E-state index in [1.165, 1.54) is 12.1 Å². The number of primary sulfonamides is 1. The Morgan fingerprint density at radius 3 is 2.59 bits per heavy atom. The lowest BCUT2D eigenvalue weighted by molar-refractivity contribution is -0.136. The largest absolute Gasteiger partial charge is 0.339 e. The summed E-state index contributed by atoms with van der Waals surface area (Å²) >= 11 is 3.45. The average molecular weight is 480 g/mol. The number of anilines is 1. The first-order chi connectivity index (χ1) is 13.6. The van der Waals surface area contributed by atoms with Gasteiger partial charge in [0.2, 0.25) is 21.8 Å². The normalized spacial score (nSPS) is 18.0. The highest BCUT2D eigenvalue weighted by Gasteiger charge is 2.38. The average Bonchev–Trinajstić information content (AvgIpc) is 3.07. The summed E-state index contributed by atoms with van der Waals surface area (Å²) in [5.74, 6) is -0.739. The van der Waals surface area contributed by atoms with Crippen LogP contribution in [0, 0.1) is 5.92 Å². The maximum Gasteiger partial charge on any atom is 0.238 e. The summed E-state index contributed by atoms with van der Waals surface area (Å²) in [6.45, 7) is 2.11. The molecule has 29 heavy (non-hydrogen) atoms. The van der Waals surface area contributed by atoms with Crippen LogP contribution in [0.2, 0.25) is 0 Å². The van der Waals surface area contributed by atoms with Crippen LogP contribution in [0.3, 0.4) is 0 Å². The molecule has 1 aliphatic heterocycles. The van der Waals surface area contributed by atoms with E-state index < -0.39 is 15.9 Å². The van der Waals surface area contributed by atoms with E-state index in [1.54, 1.807) is 29.0 Å². The van der Waals surface area contributed by atoms with Gasteiger partial charge in [-0.15, -0.1) is 0 Å². The minimum absolute atomic E-state index is 0.00107.